The van der Waals surface area contributed by atoms with Crippen LogP contribution in [0.2, 0.25) is 0 Å². The maximum atomic E-state index is 13.1. The van der Waals surface area contributed by atoms with E-state index in [2.05, 4.69) is 5.32 Å². The number of amides is 1. The molecular formula is C16H20FN3O. The number of nitrogens with zero attached hydrogens (tertiary/aromatic N) is 1. The average Bonchev–Trinajstić information content (AvgIpc) is 2.50. The molecule has 5 heteroatoms. The molecule has 1 saturated carbocycles. The Morgan fingerprint density at radius 2 is 2.10 bits per heavy atom. The van der Waals surface area contributed by atoms with Crippen molar-refractivity contribution in [3.05, 3.63) is 29.6 Å². The Hall–Kier alpha value is -1.93. The molecule has 4 nitrogen and oxygen atoms in total. The van der Waals surface area contributed by atoms with Gasteiger partial charge in [0.25, 0.3) is 0 Å². The van der Waals surface area contributed by atoms with Gasteiger partial charge in [0, 0.05) is 6.42 Å². The van der Waals surface area contributed by atoms with E-state index >= 15 is 0 Å². The van der Waals surface area contributed by atoms with Crippen LogP contribution in [0.5, 0.6) is 0 Å². The number of carbonyl (C=O) groups excluding carboxylic acids is 1. The Balaban J connectivity index is 2.06. The van der Waals surface area contributed by atoms with Gasteiger partial charge in [-0.15, -0.1) is 0 Å². The van der Waals surface area contributed by atoms with Crippen molar-refractivity contribution in [1.29, 1.82) is 5.26 Å². The number of nitrogens with one attached hydrogen (secondary N) is 1. The molecule has 1 fully saturated rings. The molecule has 0 heterocycles. The van der Waals surface area contributed by atoms with Crippen molar-refractivity contribution in [3.63, 3.8) is 0 Å². The third kappa shape index (κ3) is 3.79. The summed E-state index contributed by atoms with van der Waals surface area (Å²) in [6.45, 7) is 0.495. The molecule has 0 spiro atoms. The molecule has 21 heavy (non-hydrogen) atoms. The van der Waals surface area contributed by atoms with Crippen LogP contribution in [0.4, 0.5) is 10.1 Å². The number of nitriles is 1. The summed E-state index contributed by atoms with van der Waals surface area (Å²) >= 11 is 0. The summed E-state index contributed by atoms with van der Waals surface area (Å²) in [7, 11) is 0. The molecule has 0 unspecified atom stereocenters. The summed E-state index contributed by atoms with van der Waals surface area (Å²) < 4.78 is 13.1. The first-order chi connectivity index (χ1) is 10.1. The molecule has 0 aliphatic heterocycles. The number of hydrogen-bond acceptors (Lipinski definition) is 3. The van der Waals surface area contributed by atoms with Gasteiger partial charge in [-0.1, -0.05) is 19.3 Å². The molecule has 0 saturated heterocycles. The summed E-state index contributed by atoms with van der Waals surface area (Å²) in [6.07, 6.45) is 5.68. The largest absolute Gasteiger partial charge is 0.330 e. The van der Waals surface area contributed by atoms with E-state index in [1.54, 1.807) is 0 Å². The number of carbonyl (C=O) groups is 1. The Bertz CT molecular complexity index is 559. The van der Waals surface area contributed by atoms with Gasteiger partial charge in [0.1, 0.15) is 11.9 Å². The summed E-state index contributed by atoms with van der Waals surface area (Å²) in [6, 6.07) is 5.66. The fraction of sp³-hybridized carbons (Fsp3) is 0.500. The minimum atomic E-state index is -0.491. The zero-order valence-corrected chi connectivity index (χ0v) is 12.0. The first-order valence-corrected chi connectivity index (χ1v) is 7.28. The number of hydrogen-bond donors (Lipinski definition) is 2. The molecule has 0 bridgehead atoms. The van der Waals surface area contributed by atoms with E-state index in [4.69, 9.17) is 11.0 Å². The average molecular weight is 289 g/mol. The van der Waals surface area contributed by atoms with Crippen LogP contribution >= 0.6 is 0 Å². The van der Waals surface area contributed by atoms with Gasteiger partial charge in [-0.2, -0.15) is 5.26 Å². The molecule has 1 aliphatic carbocycles. The highest BCUT2D eigenvalue weighted by atomic mass is 19.1. The predicted molar refractivity (Wildman–Crippen MR) is 78.9 cm³/mol. The van der Waals surface area contributed by atoms with E-state index in [0.717, 1.165) is 31.7 Å². The lowest BCUT2D eigenvalue weighted by molar-refractivity contribution is -0.118. The molecule has 1 aromatic rings. The second-order valence-corrected chi connectivity index (χ2v) is 5.79. The lowest BCUT2D eigenvalue weighted by Crippen LogP contribution is -2.36. The molecule has 0 radical (unpaired) electrons. The highest BCUT2D eigenvalue weighted by Crippen LogP contribution is 2.38. The van der Waals surface area contributed by atoms with Crippen LogP contribution in [0, 0.1) is 22.6 Å². The quantitative estimate of drug-likeness (QED) is 0.894. The van der Waals surface area contributed by atoms with Crippen LogP contribution < -0.4 is 11.1 Å². The zero-order chi connectivity index (χ0) is 15.3. The van der Waals surface area contributed by atoms with Gasteiger partial charge in [0.05, 0.1) is 11.3 Å². The van der Waals surface area contributed by atoms with Crippen LogP contribution in [-0.2, 0) is 4.79 Å². The molecule has 1 aliphatic rings. The van der Waals surface area contributed by atoms with Crippen molar-refractivity contribution in [2.45, 2.75) is 38.5 Å². The van der Waals surface area contributed by atoms with Crippen LogP contribution in [0.3, 0.4) is 0 Å². The van der Waals surface area contributed by atoms with Gasteiger partial charge in [-0.3, -0.25) is 4.79 Å². The third-order valence-corrected chi connectivity index (χ3v) is 4.26. The third-order valence-electron chi connectivity index (χ3n) is 4.26. The van der Waals surface area contributed by atoms with Crippen molar-refractivity contribution >= 4 is 11.6 Å². The number of anilines is 1. The number of nitrogens with two attached hydrogens (primary N) is 1. The number of benzene rings is 1. The Morgan fingerprint density at radius 3 is 2.71 bits per heavy atom. The van der Waals surface area contributed by atoms with Crippen LogP contribution in [0.15, 0.2) is 18.2 Å². The summed E-state index contributed by atoms with van der Waals surface area (Å²) in [5, 5.41) is 11.7. The molecule has 3 N–H and O–H groups in total. The van der Waals surface area contributed by atoms with Gasteiger partial charge in [-0.05, 0) is 43.0 Å². The monoisotopic (exact) mass is 289 g/mol. The topological polar surface area (TPSA) is 78.9 Å². The molecule has 112 valence electrons. The van der Waals surface area contributed by atoms with Gasteiger partial charge in [0.2, 0.25) is 5.91 Å². The van der Waals surface area contributed by atoms with Crippen molar-refractivity contribution in [3.8, 4) is 6.07 Å². The van der Waals surface area contributed by atoms with E-state index in [-0.39, 0.29) is 16.9 Å². The van der Waals surface area contributed by atoms with Crippen molar-refractivity contribution in [1.82, 2.24) is 0 Å². The minimum absolute atomic E-state index is 0.130. The fourth-order valence-electron chi connectivity index (χ4n) is 3.01. The second kappa shape index (κ2) is 6.68. The SMILES string of the molecule is N#Cc1cc(F)ccc1NC(=O)CC1(CN)CCCCC1. The number of halogens is 1. The van der Waals surface area contributed by atoms with E-state index in [0.29, 0.717) is 18.7 Å². The van der Waals surface area contributed by atoms with Crippen molar-refractivity contribution in [2.75, 3.05) is 11.9 Å². The van der Waals surface area contributed by atoms with Gasteiger partial charge in [0.15, 0.2) is 0 Å². The molecule has 0 atom stereocenters. The highest BCUT2D eigenvalue weighted by molar-refractivity contribution is 5.92. The second-order valence-electron chi connectivity index (χ2n) is 5.79. The molecule has 0 aromatic heterocycles. The van der Waals surface area contributed by atoms with Crippen LogP contribution in [0.1, 0.15) is 44.1 Å². The smallest absolute Gasteiger partial charge is 0.225 e. The molecule has 1 aromatic carbocycles. The summed E-state index contributed by atoms with van der Waals surface area (Å²) in [5.74, 6) is -0.652. The van der Waals surface area contributed by atoms with Gasteiger partial charge >= 0.3 is 0 Å². The molecular weight excluding hydrogens is 269 g/mol. The lowest BCUT2D eigenvalue weighted by Gasteiger charge is -2.35. The standard InChI is InChI=1S/C16H20FN3O/c17-13-4-5-14(12(8-13)10-18)20-15(21)9-16(11-19)6-2-1-3-7-16/h4-5,8H,1-3,6-7,9,11,19H2,(H,20,21). The van der Waals surface area contributed by atoms with Crippen LogP contribution in [0.25, 0.3) is 0 Å². The Labute approximate surface area is 124 Å². The highest BCUT2D eigenvalue weighted by Gasteiger charge is 2.33. The maximum absolute atomic E-state index is 13.1. The Morgan fingerprint density at radius 1 is 1.38 bits per heavy atom. The van der Waals surface area contributed by atoms with E-state index in [9.17, 15) is 9.18 Å². The Kier molecular flexibility index (Phi) is 4.92. The number of rotatable bonds is 4. The summed E-state index contributed by atoms with van der Waals surface area (Å²) in [5.41, 5.74) is 6.23. The van der Waals surface area contributed by atoms with E-state index < -0.39 is 5.82 Å². The van der Waals surface area contributed by atoms with E-state index in [1.165, 1.54) is 18.6 Å². The molecule has 1 amide bonds. The maximum Gasteiger partial charge on any atom is 0.225 e. The van der Waals surface area contributed by atoms with E-state index in [1.807, 2.05) is 6.07 Å². The fourth-order valence-corrected chi connectivity index (χ4v) is 3.01. The predicted octanol–water partition coefficient (Wildman–Crippen LogP) is 2.94. The minimum Gasteiger partial charge on any atom is -0.330 e. The first-order valence-electron chi connectivity index (χ1n) is 7.28. The van der Waals surface area contributed by atoms with Crippen molar-refractivity contribution < 1.29 is 9.18 Å². The summed E-state index contributed by atoms with van der Waals surface area (Å²) in [4.78, 5) is 12.2. The van der Waals surface area contributed by atoms with Gasteiger partial charge < -0.3 is 11.1 Å². The zero-order valence-electron chi connectivity index (χ0n) is 12.0. The van der Waals surface area contributed by atoms with Crippen molar-refractivity contribution in [2.24, 2.45) is 11.1 Å². The van der Waals surface area contributed by atoms with Crippen LogP contribution in [-0.4, -0.2) is 12.5 Å². The normalized spacial score (nSPS) is 17.0. The lowest BCUT2D eigenvalue weighted by atomic mass is 9.71. The van der Waals surface area contributed by atoms with Gasteiger partial charge in [-0.25, -0.2) is 4.39 Å². The first kappa shape index (κ1) is 15.5. The molecule has 2 rings (SSSR count).